The van der Waals surface area contributed by atoms with Crippen molar-refractivity contribution in [1.82, 2.24) is 4.90 Å². The SMILES string of the molecule is CC(C)(C)OC(=O)N1COC(=O)C1(CCC(=O)O)Cc1ccccc1. The number of cyclic esters (lactones) is 1. The number of rotatable bonds is 5. The number of carboxylic acids is 1. The molecule has 0 aromatic heterocycles. The van der Waals surface area contributed by atoms with Gasteiger partial charge >= 0.3 is 18.0 Å². The van der Waals surface area contributed by atoms with Crippen molar-refractivity contribution in [1.29, 1.82) is 0 Å². The number of carboxylic acid groups (broad SMARTS) is 1. The second-order valence-corrected chi connectivity index (χ2v) is 7.06. The number of amides is 1. The third kappa shape index (κ3) is 4.49. The van der Waals surface area contributed by atoms with Gasteiger partial charge in [0.2, 0.25) is 0 Å². The zero-order valence-electron chi connectivity index (χ0n) is 14.7. The van der Waals surface area contributed by atoms with Crippen LogP contribution in [0.15, 0.2) is 30.3 Å². The van der Waals surface area contributed by atoms with Gasteiger partial charge in [0.15, 0.2) is 12.3 Å². The molecule has 7 nitrogen and oxygen atoms in total. The van der Waals surface area contributed by atoms with Crippen molar-refractivity contribution in [2.45, 2.75) is 51.2 Å². The quantitative estimate of drug-likeness (QED) is 0.821. The maximum atomic E-state index is 12.6. The van der Waals surface area contributed by atoms with Crippen LogP contribution in [0.2, 0.25) is 0 Å². The smallest absolute Gasteiger partial charge is 0.413 e. The Balaban J connectivity index is 2.36. The van der Waals surface area contributed by atoms with Gasteiger partial charge in [0, 0.05) is 12.8 Å². The van der Waals surface area contributed by atoms with Crippen molar-refractivity contribution in [3.63, 3.8) is 0 Å². The Morgan fingerprint density at radius 1 is 1.28 bits per heavy atom. The molecule has 1 aromatic carbocycles. The predicted molar refractivity (Wildman–Crippen MR) is 88.8 cm³/mol. The normalized spacial score (nSPS) is 20.3. The number of aliphatic carboxylic acids is 1. The van der Waals surface area contributed by atoms with Gasteiger partial charge in [-0.1, -0.05) is 30.3 Å². The fourth-order valence-electron chi connectivity index (χ4n) is 2.78. The van der Waals surface area contributed by atoms with Crippen molar-refractivity contribution < 1.29 is 29.0 Å². The molecule has 1 N–H and O–H groups in total. The monoisotopic (exact) mass is 349 g/mol. The molecule has 0 saturated carbocycles. The van der Waals surface area contributed by atoms with Crippen LogP contribution in [0.25, 0.3) is 0 Å². The summed E-state index contributed by atoms with van der Waals surface area (Å²) in [5.41, 5.74) is -1.32. The molecule has 1 aliphatic rings. The Kier molecular flexibility index (Phi) is 5.35. The Morgan fingerprint density at radius 3 is 2.48 bits per heavy atom. The highest BCUT2D eigenvalue weighted by Crippen LogP contribution is 2.34. The van der Waals surface area contributed by atoms with Crippen LogP contribution in [-0.4, -0.2) is 45.9 Å². The Labute approximate surface area is 146 Å². The van der Waals surface area contributed by atoms with Gasteiger partial charge in [-0.2, -0.15) is 0 Å². The van der Waals surface area contributed by atoms with Crippen molar-refractivity contribution in [2.75, 3.05) is 6.73 Å². The first-order valence-electron chi connectivity index (χ1n) is 8.08. The van der Waals surface area contributed by atoms with Gasteiger partial charge in [0.25, 0.3) is 0 Å². The minimum absolute atomic E-state index is 0.0463. The molecule has 0 spiro atoms. The van der Waals surface area contributed by atoms with Gasteiger partial charge in [-0.05, 0) is 32.8 Å². The molecule has 7 heteroatoms. The molecule has 0 bridgehead atoms. The van der Waals surface area contributed by atoms with E-state index < -0.39 is 29.2 Å². The summed E-state index contributed by atoms with van der Waals surface area (Å²) in [6.45, 7) is 4.92. The maximum Gasteiger partial charge on any atom is 0.413 e. The van der Waals surface area contributed by atoms with Gasteiger partial charge in [0.05, 0.1) is 0 Å². The third-order valence-electron chi connectivity index (χ3n) is 3.93. The van der Waals surface area contributed by atoms with E-state index in [-0.39, 0.29) is 26.0 Å². The highest BCUT2D eigenvalue weighted by molar-refractivity contribution is 5.89. The Morgan fingerprint density at radius 2 is 1.92 bits per heavy atom. The lowest BCUT2D eigenvalue weighted by molar-refractivity contribution is -0.144. The number of carbonyl (C=O) groups is 3. The number of benzene rings is 1. The molecule has 1 saturated heterocycles. The van der Waals surface area contributed by atoms with Crippen LogP contribution >= 0.6 is 0 Å². The Bertz CT molecular complexity index is 651. The summed E-state index contributed by atoms with van der Waals surface area (Å²) in [7, 11) is 0. The summed E-state index contributed by atoms with van der Waals surface area (Å²) in [6, 6.07) is 9.12. The molecular formula is C18H23NO6. The van der Waals surface area contributed by atoms with Crippen LogP contribution in [-0.2, 0) is 25.5 Å². The summed E-state index contributed by atoms with van der Waals surface area (Å²) in [6.07, 6.45) is -0.838. The average Bonchev–Trinajstić information content (AvgIpc) is 2.82. The standard InChI is InChI=1S/C18H23NO6/c1-17(2,3)25-16(23)19-12-24-15(22)18(19,10-9-14(20)21)11-13-7-5-4-6-8-13/h4-8H,9-12H2,1-3H3,(H,20,21). The number of hydrogen-bond donors (Lipinski definition) is 1. The van der Waals surface area contributed by atoms with E-state index in [1.807, 2.05) is 30.3 Å². The second kappa shape index (κ2) is 7.13. The number of esters is 1. The number of nitrogens with zero attached hydrogens (tertiary/aromatic N) is 1. The molecule has 1 aromatic rings. The van der Waals surface area contributed by atoms with E-state index in [1.165, 1.54) is 4.90 Å². The summed E-state index contributed by atoms with van der Waals surface area (Å²) >= 11 is 0. The fraction of sp³-hybridized carbons (Fsp3) is 0.500. The van der Waals surface area contributed by atoms with E-state index in [1.54, 1.807) is 20.8 Å². The van der Waals surface area contributed by atoms with Gasteiger partial charge < -0.3 is 14.6 Å². The summed E-state index contributed by atoms with van der Waals surface area (Å²) in [5.74, 6) is -1.65. The van der Waals surface area contributed by atoms with Crippen molar-refractivity contribution in [3.05, 3.63) is 35.9 Å². The molecule has 1 amide bonds. The fourth-order valence-corrected chi connectivity index (χ4v) is 2.78. The zero-order chi connectivity index (χ0) is 18.7. The zero-order valence-corrected chi connectivity index (χ0v) is 14.7. The first-order chi connectivity index (χ1) is 11.6. The summed E-state index contributed by atoms with van der Waals surface area (Å²) in [5, 5.41) is 9.07. The van der Waals surface area contributed by atoms with E-state index in [0.29, 0.717) is 0 Å². The minimum atomic E-state index is -1.39. The van der Waals surface area contributed by atoms with Crippen LogP contribution in [0, 0.1) is 0 Å². The molecule has 1 fully saturated rings. The molecule has 1 atom stereocenters. The van der Waals surface area contributed by atoms with Crippen molar-refractivity contribution >= 4 is 18.0 Å². The molecule has 136 valence electrons. The molecule has 1 unspecified atom stereocenters. The average molecular weight is 349 g/mol. The van der Waals surface area contributed by atoms with Gasteiger partial charge in [-0.25, -0.2) is 9.59 Å². The lowest BCUT2D eigenvalue weighted by atomic mass is 9.85. The van der Waals surface area contributed by atoms with Crippen LogP contribution in [0.4, 0.5) is 4.79 Å². The molecule has 1 heterocycles. The summed E-state index contributed by atoms with van der Waals surface area (Å²) < 4.78 is 10.5. The van der Waals surface area contributed by atoms with E-state index in [2.05, 4.69) is 0 Å². The largest absolute Gasteiger partial charge is 0.481 e. The third-order valence-corrected chi connectivity index (χ3v) is 3.93. The number of hydrogen-bond acceptors (Lipinski definition) is 5. The molecule has 1 aliphatic heterocycles. The van der Waals surface area contributed by atoms with Crippen molar-refractivity contribution in [2.24, 2.45) is 0 Å². The van der Waals surface area contributed by atoms with Crippen molar-refractivity contribution in [3.8, 4) is 0 Å². The maximum absolute atomic E-state index is 12.6. The van der Waals surface area contributed by atoms with E-state index in [4.69, 9.17) is 14.6 Å². The van der Waals surface area contributed by atoms with Gasteiger partial charge in [-0.15, -0.1) is 0 Å². The van der Waals surface area contributed by atoms with Crippen LogP contribution in [0.3, 0.4) is 0 Å². The second-order valence-electron chi connectivity index (χ2n) is 7.06. The molecular weight excluding hydrogens is 326 g/mol. The topological polar surface area (TPSA) is 93.1 Å². The Hall–Kier alpha value is -2.57. The van der Waals surface area contributed by atoms with Crippen LogP contribution < -0.4 is 0 Å². The number of ether oxygens (including phenoxy) is 2. The highest BCUT2D eigenvalue weighted by atomic mass is 16.6. The minimum Gasteiger partial charge on any atom is -0.481 e. The lowest BCUT2D eigenvalue weighted by Crippen LogP contribution is -2.54. The van der Waals surface area contributed by atoms with E-state index in [0.717, 1.165) is 5.56 Å². The summed E-state index contributed by atoms with van der Waals surface area (Å²) in [4.78, 5) is 37.4. The lowest BCUT2D eigenvalue weighted by Gasteiger charge is -2.34. The molecule has 0 radical (unpaired) electrons. The molecule has 25 heavy (non-hydrogen) atoms. The van der Waals surface area contributed by atoms with Crippen LogP contribution in [0.5, 0.6) is 0 Å². The van der Waals surface area contributed by atoms with E-state index >= 15 is 0 Å². The van der Waals surface area contributed by atoms with Gasteiger partial charge in [0.1, 0.15) is 5.60 Å². The van der Waals surface area contributed by atoms with Crippen LogP contribution in [0.1, 0.15) is 39.2 Å². The first-order valence-corrected chi connectivity index (χ1v) is 8.08. The van der Waals surface area contributed by atoms with Gasteiger partial charge in [-0.3, -0.25) is 9.69 Å². The molecule has 2 rings (SSSR count). The first kappa shape index (κ1) is 18.8. The highest BCUT2D eigenvalue weighted by Gasteiger charge is 2.54. The predicted octanol–water partition coefficient (Wildman–Crippen LogP) is 2.58. The van der Waals surface area contributed by atoms with E-state index in [9.17, 15) is 14.4 Å². The molecule has 0 aliphatic carbocycles. The number of carbonyl (C=O) groups excluding carboxylic acids is 2.